The molecule has 25 heavy (non-hydrogen) atoms. The van der Waals surface area contributed by atoms with Crippen molar-refractivity contribution in [3.8, 4) is 5.75 Å². The Labute approximate surface area is 158 Å². The number of likely N-dealkylation sites (tertiary alicyclic amines) is 1. The first-order valence-corrected chi connectivity index (χ1v) is 10.0. The molecule has 2 heterocycles. The predicted molar refractivity (Wildman–Crippen MR) is 102 cm³/mol. The molecule has 2 atom stereocenters. The molecule has 7 heteroatoms. The second kappa shape index (κ2) is 8.92. The van der Waals surface area contributed by atoms with E-state index in [4.69, 9.17) is 16.3 Å². The fourth-order valence-electron chi connectivity index (χ4n) is 3.21. The largest absolute Gasteiger partial charge is 0.486 e. The van der Waals surface area contributed by atoms with E-state index < -0.39 is 0 Å². The van der Waals surface area contributed by atoms with Crippen molar-refractivity contribution in [1.29, 1.82) is 0 Å². The summed E-state index contributed by atoms with van der Waals surface area (Å²) in [5.41, 5.74) is 0. The Morgan fingerprint density at radius 1 is 1.44 bits per heavy atom. The van der Waals surface area contributed by atoms with E-state index in [2.05, 4.69) is 40.1 Å². The zero-order chi connectivity index (χ0) is 17.6. The van der Waals surface area contributed by atoms with Gasteiger partial charge in [0.05, 0.1) is 5.02 Å². The van der Waals surface area contributed by atoms with Crippen LogP contribution in [0.4, 0.5) is 0 Å². The molecule has 2 aromatic rings. The van der Waals surface area contributed by atoms with E-state index in [9.17, 15) is 0 Å². The summed E-state index contributed by atoms with van der Waals surface area (Å²) >= 11 is 8.39. The summed E-state index contributed by atoms with van der Waals surface area (Å²) < 4.78 is 5.71. The highest BCUT2D eigenvalue weighted by molar-refractivity contribution is 8.00. The lowest BCUT2D eigenvalue weighted by Gasteiger charge is -2.37. The van der Waals surface area contributed by atoms with Crippen LogP contribution in [0.3, 0.4) is 0 Å². The van der Waals surface area contributed by atoms with Gasteiger partial charge >= 0.3 is 0 Å². The summed E-state index contributed by atoms with van der Waals surface area (Å²) in [5.74, 6) is 1.45. The minimum absolute atomic E-state index is 0.358. The molecule has 1 saturated heterocycles. The van der Waals surface area contributed by atoms with Gasteiger partial charge in [-0.15, -0.1) is 11.8 Å². The number of thioether (sulfide) groups is 1. The first-order chi connectivity index (χ1) is 12.2. The monoisotopic (exact) mass is 380 g/mol. The summed E-state index contributed by atoms with van der Waals surface area (Å²) in [6.45, 7) is 3.79. The molecule has 1 aromatic carbocycles. The number of H-pyrrole nitrogens is 1. The number of nitrogens with zero attached hydrogens (tertiary/aromatic N) is 3. The maximum Gasteiger partial charge on any atom is 0.162 e. The van der Waals surface area contributed by atoms with Crippen LogP contribution in [-0.4, -0.2) is 45.0 Å². The number of rotatable bonds is 7. The quantitative estimate of drug-likeness (QED) is 0.771. The molecule has 1 aliphatic rings. The van der Waals surface area contributed by atoms with Gasteiger partial charge < -0.3 is 9.64 Å². The number of nitrogens with one attached hydrogen (secondary N) is 1. The Morgan fingerprint density at radius 2 is 2.32 bits per heavy atom. The molecule has 3 rings (SSSR count). The van der Waals surface area contributed by atoms with Crippen LogP contribution in [0.2, 0.25) is 5.02 Å². The number of hydrogen-bond acceptors (Lipinski definition) is 5. The van der Waals surface area contributed by atoms with E-state index in [1.54, 1.807) is 0 Å². The summed E-state index contributed by atoms with van der Waals surface area (Å²) in [6, 6.07) is 6.62. The van der Waals surface area contributed by atoms with Crippen molar-refractivity contribution in [1.82, 2.24) is 20.1 Å². The lowest BCUT2D eigenvalue weighted by Crippen LogP contribution is -2.40. The smallest absolute Gasteiger partial charge is 0.162 e. The molecule has 1 N–H and O–H groups in total. The van der Waals surface area contributed by atoms with E-state index in [0.717, 1.165) is 15.7 Å². The van der Waals surface area contributed by atoms with Crippen molar-refractivity contribution in [2.45, 2.75) is 55.4 Å². The summed E-state index contributed by atoms with van der Waals surface area (Å²) in [5, 5.41) is 7.97. The van der Waals surface area contributed by atoms with Crippen molar-refractivity contribution < 1.29 is 4.74 Å². The lowest BCUT2D eigenvalue weighted by atomic mass is 9.99. The fourth-order valence-corrected chi connectivity index (χ4v) is 4.73. The Hall–Kier alpha value is -1.24. The summed E-state index contributed by atoms with van der Waals surface area (Å²) in [4.78, 5) is 7.68. The summed E-state index contributed by atoms with van der Waals surface area (Å²) in [6.07, 6.45) is 6.43. The molecule has 5 nitrogen and oxygen atoms in total. The molecule has 1 aliphatic heterocycles. The fraction of sp³-hybridized carbons (Fsp3) is 0.556. The standard InChI is InChI=1S/C18H25ClN4OS/c1-3-4-13-9-15(7-8-23(13)2)25-17-6-5-14(10-16(17)19)24-11-18-20-12-21-22-18/h5-6,10,12-13,15H,3-4,7-9,11H2,1-2H3,(H,20,21,22)/t13?,15-/m0/s1. The van der Waals surface area contributed by atoms with E-state index in [1.807, 2.05) is 23.9 Å². The third-order valence-electron chi connectivity index (χ3n) is 4.62. The van der Waals surface area contributed by atoms with E-state index in [1.165, 1.54) is 38.6 Å². The van der Waals surface area contributed by atoms with Crippen LogP contribution in [0.25, 0.3) is 0 Å². The van der Waals surface area contributed by atoms with Crippen molar-refractivity contribution in [2.75, 3.05) is 13.6 Å². The van der Waals surface area contributed by atoms with Gasteiger partial charge in [0.25, 0.3) is 0 Å². The minimum Gasteiger partial charge on any atom is -0.486 e. The molecular weight excluding hydrogens is 356 g/mol. The van der Waals surface area contributed by atoms with Gasteiger partial charge in [-0.2, -0.15) is 5.10 Å². The van der Waals surface area contributed by atoms with Crippen LogP contribution >= 0.6 is 23.4 Å². The molecule has 0 spiro atoms. The van der Waals surface area contributed by atoms with Crippen LogP contribution < -0.4 is 4.74 Å². The molecular formula is C18H25ClN4OS. The third kappa shape index (κ3) is 5.12. The molecule has 136 valence electrons. The van der Waals surface area contributed by atoms with Crippen LogP contribution in [-0.2, 0) is 6.61 Å². The van der Waals surface area contributed by atoms with Gasteiger partial charge in [-0.05, 0) is 51.1 Å². The highest BCUT2D eigenvalue weighted by atomic mass is 35.5. The molecule has 0 saturated carbocycles. The van der Waals surface area contributed by atoms with Gasteiger partial charge in [-0.25, -0.2) is 4.98 Å². The zero-order valence-corrected chi connectivity index (χ0v) is 16.3. The van der Waals surface area contributed by atoms with Crippen LogP contribution in [0.1, 0.15) is 38.4 Å². The van der Waals surface area contributed by atoms with Crippen molar-refractivity contribution in [3.05, 3.63) is 35.4 Å². The van der Waals surface area contributed by atoms with Crippen molar-refractivity contribution in [2.24, 2.45) is 0 Å². The third-order valence-corrected chi connectivity index (χ3v) is 6.42. The van der Waals surface area contributed by atoms with Gasteiger partial charge in [0, 0.05) is 16.2 Å². The first kappa shape index (κ1) is 18.5. The molecule has 0 bridgehead atoms. The number of benzene rings is 1. The number of ether oxygens (including phenoxy) is 1. The molecule has 1 fully saturated rings. The van der Waals surface area contributed by atoms with Gasteiger partial charge in [-0.3, -0.25) is 5.10 Å². The average Bonchev–Trinajstić information content (AvgIpc) is 3.12. The SMILES string of the molecule is CCCC1C[C@@H](Sc2ccc(OCc3ncn[nH]3)cc2Cl)CCN1C. The second-order valence-electron chi connectivity index (χ2n) is 6.50. The predicted octanol–water partition coefficient (Wildman–Crippen LogP) is 4.39. The number of halogens is 1. The van der Waals surface area contributed by atoms with E-state index in [-0.39, 0.29) is 0 Å². The van der Waals surface area contributed by atoms with Gasteiger partial charge in [0.1, 0.15) is 18.7 Å². The van der Waals surface area contributed by atoms with E-state index >= 15 is 0 Å². The highest BCUT2D eigenvalue weighted by Gasteiger charge is 2.26. The maximum absolute atomic E-state index is 6.49. The van der Waals surface area contributed by atoms with E-state index in [0.29, 0.717) is 23.7 Å². The highest BCUT2D eigenvalue weighted by Crippen LogP contribution is 2.38. The molecule has 0 aliphatic carbocycles. The van der Waals surface area contributed by atoms with Crippen LogP contribution in [0.15, 0.2) is 29.4 Å². The Morgan fingerprint density at radius 3 is 3.04 bits per heavy atom. The first-order valence-electron chi connectivity index (χ1n) is 8.79. The van der Waals surface area contributed by atoms with Gasteiger partial charge in [-0.1, -0.05) is 24.9 Å². The average molecular weight is 381 g/mol. The van der Waals surface area contributed by atoms with Crippen LogP contribution in [0, 0.1) is 0 Å². The second-order valence-corrected chi connectivity index (χ2v) is 8.25. The van der Waals surface area contributed by atoms with Crippen LogP contribution in [0.5, 0.6) is 5.75 Å². The number of aromatic amines is 1. The molecule has 0 amide bonds. The van der Waals surface area contributed by atoms with Gasteiger partial charge in [0.15, 0.2) is 5.82 Å². The maximum atomic E-state index is 6.49. The number of hydrogen-bond donors (Lipinski definition) is 1. The number of aromatic nitrogens is 3. The van der Waals surface area contributed by atoms with Crippen molar-refractivity contribution >= 4 is 23.4 Å². The summed E-state index contributed by atoms with van der Waals surface area (Å²) in [7, 11) is 2.24. The number of piperidine rings is 1. The Bertz CT molecular complexity index is 667. The normalized spacial score (nSPS) is 21.4. The Kier molecular flexibility index (Phi) is 6.62. The molecule has 1 aromatic heterocycles. The minimum atomic E-state index is 0.358. The zero-order valence-electron chi connectivity index (χ0n) is 14.7. The van der Waals surface area contributed by atoms with Crippen molar-refractivity contribution in [3.63, 3.8) is 0 Å². The topological polar surface area (TPSA) is 54.0 Å². The molecule has 1 unspecified atom stereocenters. The lowest BCUT2D eigenvalue weighted by molar-refractivity contribution is 0.179. The van der Waals surface area contributed by atoms with Gasteiger partial charge in [0.2, 0.25) is 0 Å². The molecule has 0 radical (unpaired) electrons. The Balaban J connectivity index is 1.57.